The molecule has 0 spiro atoms. The lowest BCUT2D eigenvalue weighted by atomic mass is 10.0. The number of hydrogen-bond donors (Lipinski definition) is 2. The number of nitrogens with zero attached hydrogens (tertiary/aromatic N) is 2. The minimum absolute atomic E-state index is 0.211. The Hall–Kier alpha value is -2.95. The number of ether oxygens (including phenoxy) is 1. The SMILES string of the molecule is CN=C(NCc1cccc(N2CC=CC2)c1)NC1CCOc2ccccc21. The maximum Gasteiger partial charge on any atom is 0.191 e. The highest BCUT2D eigenvalue weighted by Crippen LogP contribution is 2.31. The van der Waals surface area contributed by atoms with E-state index in [0.29, 0.717) is 0 Å². The molecule has 1 unspecified atom stereocenters. The molecule has 0 saturated heterocycles. The van der Waals surface area contributed by atoms with E-state index in [4.69, 9.17) is 4.74 Å². The minimum Gasteiger partial charge on any atom is -0.493 e. The third-order valence-corrected chi connectivity index (χ3v) is 5.05. The van der Waals surface area contributed by atoms with Gasteiger partial charge in [-0.15, -0.1) is 0 Å². The van der Waals surface area contributed by atoms with Gasteiger partial charge in [0, 0.05) is 44.4 Å². The van der Waals surface area contributed by atoms with Crippen molar-refractivity contribution in [2.24, 2.45) is 4.99 Å². The molecule has 4 rings (SSSR count). The molecule has 2 aliphatic heterocycles. The van der Waals surface area contributed by atoms with Gasteiger partial charge in [0.15, 0.2) is 5.96 Å². The van der Waals surface area contributed by atoms with E-state index in [1.807, 2.05) is 19.2 Å². The summed E-state index contributed by atoms with van der Waals surface area (Å²) in [5.74, 6) is 1.77. The highest BCUT2D eigenvalue weighted by Gasteiger charge is 2.21. The molecule has 0 bridgehead atoms. The Balaban J connectivity index is 1.38. The van der Waals surface area contributed by atoms with Gasteiger partial charge in [-0.3, -0.25) is 4.99 Å². The Morgan fingerprint density at radius 1 is 1.15 bits per heavy atom. The van der Waals surface area contributed by atoms with Crippen molar-refractivity contribution in [3.63, 3.8) is 0 Å². The van der Waals surface area contributed by atoms with Gasteiger partial charge in [-0.05, 0) is 23.8 Å². The van der Waals surface area contributed by atoms with E-state index in [2.05, 4.69) is 69.1 Å². The Kier molecular flexibility index (Phi) is 5.28. The molecule has 0 fully saturated rings. The van der Waals surface area contributed by atoms with E-state index in [1.54, 1.807) is 0 Å². The second kappa shape index (κ2) is 8.16. The fourth-order valence-corrected chi connectivity index (χ4v) is 3.59. The summed E-state index contributed by atoms with van der Waals surface area (Å²) in [4.78, 5) is 6.76. The predicted molar refractivity (Wildman–Crippen MR) is 110 cm³/mol. The first-order valence-corrected chi connectivity index (χ1v) is 9.51. The van der Waals surface area contributed by atoms with Crippen LogP contribution >= 0.6 is 0 Å². The molecule has 5 heteroatoms. The molecule has 2 aromatic rings. The number of hydrogen-bond acceptors (Lipinski definition) is 3. The maximum atomic E-state index is 5.75. The summed E-state index contributed by atoms with van der Waals surface area (Å²) >= 11 is 0. The van der Waals surface area contributed by atoms with Gasteiger partial charge in [0.2, 0.25) is 0 Å². The number of para-hydroxylation sites is 1. The third-order valence-electron chi connectivity index (χ3n) is 5.05. The minimum atomic E-state index is 0.211. The van der Waals surface area contributed by atoms with Crippen molar-refractivity contribution in [1.82, 2.24) is 10.6 Å². The smallest absolute Gasteiger partial charge is 0.191 e. The van der Waals surface area contributed by atoms with Gasteiger partial charge in [-0.25, -0.2) is 0 Å². The summed E-state index contributed by atoms with van der Waals surface area (Å²) in [7, 11) is 1.81. The zero-order chi connectivity index (χ0) is 18.5. The van der Waals surface area contributed by atoms with Gasteiger partial charge >= 0.3 is 0 Å². The largest absolute Gasteiger partial charge is 0.493 e. The Morgan fingerprint density at radius 3 is 2.85 bits per heavy atom. The number of benzene rings is 2. The van der Waals surface area contributed by atoms with Crippen LogP contribution in [0.3, 0.4) is 0 Å². The molecule has 140 valence electrons. The van der Waals surface area contributed by atoms with Crippen LogP contribution in [0.4, 0.5) is 5.69 Å². The van der Waals surface area contributed by atoms with Gasteiger partial charge in [0.1, 0.15) is 5.75 Å². The molecule has 0 aliphatic carbocycles. The molecule has 0 saturated carbocycles. The molecule has 0 amide bonds. The van der Waals surface area contributed by atoms with Crippen LogP contribution in [0.5, 0.6) is 5.75 Å². The lowest BCUT2D eigenvalue weighted by Gasteiger charge is -2.28. The van der Waals surface area contributed by atoms with Crippen molar-refractivity contribution in [3.05, 3.63) is 71.8 Å². The number of aliphatic imine (C=N–C) groups is 1. The molecule has 1 atom stereocenters. The van der Waals surface area contributed by atoms with E-state index in [-0.39, 0.29) is 6.04 Å². The van der Waals surface area contributed by atoms with Crippen LogP contribution in [0.25, 0.3) is 0 Å². The molecule has 0 radical (unpaired) electrons. The van der Waals surface area contributed by atoms with Crippen LogP contribution in [0.1, 0.15) is 23.6 Å². The monoisotopic (exact) mass is 362 g/mol. The standard InChI is InChI=1S/C22H26N4O/c1-23-22(25-20-11-14-27-21-10-3-2-9-19(20)21)24-16-17-7-6-8-18(15-17)26-12-4-5-13-26/h2-10,15,20H,11-14,16H2,1H3,(H2,23,24,25). The number of nitrogens with one attached hydrogen (secondary N) is 2. The van der Waals surface area contributed by atoms with Crippen molar-refractivity contribution >= 4 is 11.6 Å². The number of guanidine groups is 1. The second-order valence-electron chi connectivity index (χ2n) is 6.84. The molecule has 2 N–H and O–H groups in total. The van der Waals surface area contributed by atoms with E-state index in [9.17, 15) is 0 Å². The summed E-state index contributed by atoms with van der Waals surface area (Å²) in [6.45, 7) is 3.43. The highest BCUT2D eigenvalue weighted by atomic mass is 16.5. The fourth-order valence-electron chi connectivity index (χ4n) is 3.59. The predicted octanol–water partition coefficient (Wildman–Crippen LogP) is 3.25. The number of anilines is 1. The topological polar surface area (TPSA) is 48.9 Å². The second-order valence-corrected chi connectivity index (χ2v) is 6.84. The van der Waals surface area contributed by atoms with Crippen molar-refractivity contribution in [3.8, 4) is 5.75 Å². The summed E-state index contributed by atoms with van der Waals surface area (Å²) < 4.78 is 5.75. The molecular weight excluding hydrogens is 336 g/mol. The van der Waals surface area contributed by atoms with E-state index < -0.39 is 0 Å². The van der Waals surface area contributed by atoms with Crippen molar-refractivity contribution in [2.75, 3.05) is 31.6 Å². The van der Waals surface area contributed by atoms with Gasteiger partial charge in [-0.2, -0.15) is 0 Å². The first-order chi connectivity index (χ1) is 13.3. The summed E-state index contributed by atoms with van der Waals surface area (Å²) in [6.07, 6.45) is 5.35. The van der Waals surface area contributed by atoms with Crippen LogP contribution in [0.15, 0.2) is 65.7 Å². The first-order valence-electron chi connectivity index (χ1n) is 9.51. The Bertz CT molecular complexity index is 838. The number of fused-ring (bicyclic) bond motifs is 1. The molecule has 2 heterocycles. The average Bonchev–Trinajstić information content (AvgIpc) is 3.26. The van der Waals surface area contributed by atoms with E-state index in [0.717, 1.165) is 44.4 Å². The molecule has 2 aliphatic rings. The van der Waals surface area contributed by atoms with Crippen LogP contribution < -0.4 is 20.3 Å². The molecule has 27 heavy (non-hydrogen) atoms. The summed E-state index contributed by atoms with van der Waals surface area (Å²) in [5, 5.41) is 6.99. The van der Waals surface area contributed by atoms with Crippen molar-refractivity contribution < 1.29 is 4.74 Å². The molecule has 2 aromatic carbocycles. The molecule has 0 aromatic heterocycles. The Labute approximate surface area is 160 Å². The van der Waals surface area contributed by atoms with Gasteiger partial charge in [0.05, 0.1) is 12.6 Å². The zero-order valence-corrected chi connectivity index (χ0v) is 15.7. The van der Waals surface area contributed by atoms with Crippen molar-refractivity contribution in [2.45, 2.75) is 19.0 Å². The van der Waals surface area contributed by atoms with Gasteiger partial charge < -0.3 is 20.3 Å². The molecular formula is C22H26N4O. The highest BCUT2D eigenvalue weighted by molar-refractivity contribution is 5.80. The van der Waals surface area contributed by atoms with Crippen LogP contribution in [0.2, 0.25) is 0 Å². The maximum absolute atomic E-state index is 5.75. The zero-order valence-electron chi connectivity index (χ0n) is 15.7. The average molecular weight is 362 g/mol. The first kappa shape index (κ1) is 17.5. The third kappa shape index (κ3) is 4.08. The number of rotatable bonds is 4. The lowest BCUT2D eigenvalue weighted by Crippen LogP contribution is -2.40. The quantitative estimate of drug-likeness (QED) is 0.498. The summed E-state index contributed by atoms with van der Waals surface area (Å²) in [5.41, 5.74) is 3.70. The van der Waals surface area contributed by atoms with Gasteiger partial charge in [-0.1, -0.05) is 42.5 Å². The van der Waals surface area contributed by atoms with Crippen LogP contribution in [0, 0.1) is 0 Å². The normalized spacial score (nSPS) is 18.8. The van der Waals surface area contributed by atoms with Crippen molar-refractivity contribution in [1.29, 1.82) is 0 Å². The lowest BCUT2D eigenvalue weighted by molar-refractivity contribution is 0.261. The Morgan fingerprint density at radius 2 is 2.00 bits per heavy atom. The fraction of sp³-hybridized carbons (Fsp3) is 0.318. The van der Waals surface area contributed by atoms with Gasteiger partial charge in [0.25, 0.3) is 0 Å². The van der Waals surface area contributed by atoms with E-state index in [1.165, 1.54) is 16.8 Å². The summed E-state index contributed by atoms with van der Waals surface area (Å²) in [6, 6.07) is 17.1. The molecule has 5 nitrogen and oxygen atoms in total. The van der Waals surface area contributed by atoms with Crippen LogP contribution in [-0.4, -0.2) is 32.7 Å². The van der Waals surface area contributed by atoms with E-state index >= 15 is 0 Å². The van der Waals surface area contributed by atoms with Crippen LogP contribution in [-0.2, 0) is 6.54 Å².